The van der Waals surface area contributed by atoms with E-state index in [2.05, 4.69) is 47.5 Å². The van der Waals surface area contributed by atoms with E-state index in [4.69, 9.17) is 0 Å². The van der Waals surface area contributed by atoms with Gasteiger partial charge in [0.2, 0.25) is 0 Å². The molecule has 17 heavy (non-hydrogen) atoms. The summed E-state index contributed by atoms with van der Waals surface area (Å²) >= 11 is 0. The molecule has 92 valence electrons. The number of rotatable bonds is 2. The predicted octanol–water partition coefficient (Wildman–Crippen LogP) is 2.58. The van der Waals surface area contributed by atoms with Crippen molar-refractivity contribution in [2.24, 2.45) is 0 Å². The van der Waals surface area contributed by atoms with Crippen LogP contribution in [-0.2, 0) is 0 Å². The molecule has 0 aromatic heterocycles. The average molecular weight is 230 g/mol. The molecule has 2 saturated heterocycles. The second-order valence-electron chi connectivity index (χ2n) is 5.62. The number of nitrogens with one attached hydrogen (secondary N) is 1. The van der Waals surface area contributed by atoms with E-state index in [1.807, 2.05) is 0 Å². The third kappa shape index (κ3) is 2.12. The van der Waals surface area contributed by atoms with Gasteiger partial charge in [-0.05, 0) is 38.3 Å². The smallest absolute Gasteiger partial charge is 0.0321 e. The number of hydrogen-bond donors (Lipinski definition) is 1. The largest absolute Gasteiger partial charge is 0.310 e. The zero-order valence-corrected chi connectivity index (χ0v) is 10.7. The molecule has 2 aliphatic rings. The highest BCUT2D eigenvalue weighted by molar-refractivity contribution is 5.19. The van der Waals surface area contributed by atoms with Crippen molar-refractivity contribution in [2.45, 2.75) is 37.8 Å². The van der Waals surface area contributed by atoms with Gasteiger partial charge in [0.1, 0.15) is 0 Å². The lowest BCUT2D eigenvalue weighted by Gasteiger charge is -2.28. The molecule has 0 amide bonds. The first-order valence-electron chi connectivity index (χ1n) is 6.83. The van der Waals surface area contributed by atoms with Crippen LogP contribution in [0.15, 0.2) is 30.3 Å². The van der Waals surface area contributed by atoms with Crippen molar-refractivity contribution >= 4 is 0 Å². The summed E-state index contributed by atoms with van der Waals surface area (Å²) in [5.74, 6) is 0. The normalized spacial score (nSPS) is 31.1. The Hall–Kier alpha value is -0.860. The van der Waals surface area contributed by atoms with Crippen LogP contribution in [0, 0.1) is 0 Å². The molecule has 1 N–H and O–H groups in total. The molecule has 1 aromatic carbocycles. The molecule has 2 heterocycles. The van der Waals surface area contributed by atoms with Gasteiger partial charge in [-0.2, -0.15) is 0 Å². The standard InChI is InChI=1S/C15H22N2/c1-13(14-6-3-2-4-7-14)17-11-9-15(12-17)8-5-10-16-15/h2-4,6-7,13,16H,5,8-12H2,1H3/t13-,15-/m1/s1. The second-order valence-corrected chi connectivity index (χ2v) is 5.62. The number of nitrogens with zero attached hydrogens (tertiary/aromatic N) is 1. The first-order chi connectivity index (χ1) is 8.29. The zero-order valence-electron chi connectivity index (χ0n) is 10.7. The molecule has 2 aliphatic heterocycles. The second kappa shape index (κ2) is 4.43. The fraction of sp³-hybridized carbons (Fsp3) is 0.600. The molecule has 1 spiro atoms. The minimum absolute atomic E-state index is 0.447. The lowest BCUT2D eigenvalue weighted by Crippen LogP contribution is -2.42. The summed E-state index contributed by atoms with van der Waals surface area (Å²) in [7, 11) is 0. The molecule has 0 saturated carbocycles. The predicted molar refractivity (Wildman–Crippen MR) is 71.0 cm³/mol. The van der Waals surface area contributed by atoms with Crippen molar-refractivity contribution < 1.29 is 0 Å². The first kappa shape index (κ1) is 11.2. The van der Waals surface area contributed by atoms with Crippen LogP contribution in [0.1, 0.15) is 37.8 Å². The summed E-state index contributed by atoms with van der Waals surface area (Å²) in [4.78, 5) is 2.63. The van der Waals surface area contributed by atoms with Gasteiger partial charge in [-0.3, -0.25) is 4.90 Å². The molecule has 3 rings (SSSR count). The fourth-order valence-electron chi connectivity index (χ4n) is 3.39. The monoisotopic (exact) mass is 230 g/mol. The average Bonchev–Trinajstić information content (AvgIpc) is 3.01. The lowest BCUT2D eigenvalue weighted by atomic mass is 9.97. The van der Waals surface area contributed by atoms with E-state index in [-0.39, 0.29) is 0 Å². The Morgan fingerprint density at radius 3 is 2.76 bits per heavy atom. The zero-order chi connectivity index (χ0) is 11.7. The van der Waals surface area contributed by atoms with Crippen molar-refractivity contribution in [1.29, 1.82) is 0 Å². The van der Waals surface area contributed by atoms with E-state index >= 15 is 0 Å². The van der Waals surface area contributed by atoms with Crippen LogP contribution in [0.2, 0.25) is 0 Å². The Labute approximate surface area is 104 Å². The van der Waals surface area contributed by atoms with Crippen LogP contribution in [0.4, 0.5) is 0 Å². The summed E-state index contributed by atoms with van der Waals surface area (Å²) in [6.45, 7) is 6.02. The molecule has 2 fully saturated rings. The van der Waals surface area contributed by atoms with Crippen molar-refractivity contribution in [1.82, 2.24) is 10.2 Å². The molecule has 0 radical (unpaired) electrons. The third-order valence-electron chi connectivity index (χ3n) is 4.55. The summed E-state index contributed by atoms with van der Waals surface area (Å²) in [5, 5.41) is 3.73. The fourth-order valence-corrected chi connectivity index (χ4v) is 3.39. The summed E-state index contributed by atoms with van der Waals surface area (Å²) < 4.78 is 0. The van der Waals surface area contributed by atoms with Gasteiger partial charge in [0.25, 0.3) is 0 Å². The highest BCUT2D eigenvalue weighted by Crippen LogP contribution is 2.34. The van der Waals surface area contributed by atoms with E-state index in [1.54, 1.807) is 0 Å². The van der Waals surface area contributed by atoms with Crippen molar-refractivity contribution in [3.63, 3.8) is 0 Å². The van der Waals surface area contributed by atoms with E-state index in [0.717, 1.165) is 0 Å². The van der Waals surface area contributed by atoms with Crippen LogP contribution in [0.25, 0.3) is 0 Å². The molecule has 0 unspecified atom stereocenters. The van der Waals surface area contributed by atoms with Gasteiger partial charge < -0.3 is 5.32 Å². The Kier molecular flexibility index (Phi) is 2.93. The molecule has 2 heteroatoms. The lowest BCUT2D eigenvalue weighted by molar-refractivity contribution is 0.238. The molecular formula is C15H22N2. The SMILES string of the molecule is C[C@H](c1ccccc1)N1CC[C@]2(CCCN2)C1. The van der Waals surface area contributed by atoms with E-state index in [9.17, 15) is 0 Å². The highest BCUT2D eigenvalue weighted by atomic mass is 15.2. The maximum absolute atomic E-state index is 3.73. The Balaban J connectivity index is 1.70. The third-order valence-corrected chi connectivity index (χ3v) is 4.55. The van der Waals surface area contributed by atoms with Gasteiger partial charge in [-0.15, -0.1) is 0 Å². The molecule has 0 aliphatic carbocycles. The van der Waals surface area contributed by atoms with Gasteiger partial charge in [0.15, 0.2) is 0 Å². The Morgan fingerprint density at radius 2 is 2.06 bits per heavy atom. The highest BCUT2D eigenvalue weighted by Gasteiger charge is 2.41. The molecule has 2 nitrogen and oxygen atoms in total. The van der Waals surface area contributed by atoms with Gasteiger partial charge in [0, 0.05) is 24.7 Å². The van der Waals surface area contributed by atoms with Crippen molar-refractivity contribution in [3.05, 3.63) is 35.9 Å². The van der Waals surface area contributed by atoms with Crippen LogP contribution in [-0.4, -0.2) is 30.1 Å². The van der Waals surface area contributed by atoms with E-state index in [0.29, 0.717) is 11.6 Å². The molecular weight excluding hydrogens is 208 g/mol. The van der Waals surface area contributed by atoms with Crippen LogP contribution < -0.4 is 5.32 Å². The molecule has 2 atom stereocenters. The Bertz CT molecular complexity index is 368. The van der Waals surface area contributed by atoms with Crippen molar-refractivity contribution in [3.8, 4) is 0 Å². The van der Waals surface area contributed by atoms with Crippen LogP contribution >= 0.6 is 0 Å². The quantitative estimate of drug-likeness (QED) is 0.840. The summed E-state index contributed by atoms with van der Waals surface area (Å²) in [5.41, 5.74) is 1.89. The van der Waals surface area contributed by atoms with Gasteiger partial charge in [-0.1, -0.05) is 30.3 Å². The van der Waals surface area contributed by atoms with Gasteiger partial charge in [-0.25, -0.2) is 0 Å². The van der Waals surface area contributed by atoms with E-state index < -0.39 is 0 Å². The Morgan fingerprint density at radius 1 is 1.24 bits per heavy atom. The van der Waals surface area contributed by atoms with Crippen molar-refractivity contribution in [2.75, 3.05) is 19.6 Å². The topological polar surface area (TPSA) is 15.3 Å². The maximum Gasteiger partial charge on any atom is 0.0321 e. The minimum atomic E-state index is 0.447. The minimum Gasteiger partial charge on any atom is -0.310 e. The number of benzene rings is 1. The number of likely N-dealkylation sites (tertiary alicyclic amines) is 1. The molecule has 0 bridgehead atoms. The molecule has 1 aromatic rings. The maximum atomic E-state index is 3.73. The van der Waals surface area contributed by atoms with Crippen LogP contribution in [0.3, 0.4) is 0 Å². The summed E-state index contributed by atoms with van der Waals surface area (Å²) in [6.07, 6.45) is 4.04. The summed E-state index contributed by atoms with van der Waals surface area (Å²) in [6, 6.07) is 11.4. The number of hydrogen-bond acceptors (Lipinski definition) is 2. The first-order valence-corrected chi connectivity index (χ1v) is 6.83. The van der Waals surface area contributed by atoms with E-state index in [1.165, 1.54) is 44.5 Å². The van der Waals surface area contributed by atoms with Gasteiger partial charge >= 0.3 is 0 Å². The van der Waals surface area contributed by atoms with Gasteiger partial charge in [0.05, 0.1) is 0 Å². The van der Waals surface area contributed by atoms with Crippen LogP contribution in [0.5, 0.6) is 0 Å².